The van der Waals surface area contributed by atoms with Gasteiger partial charge in [0.15, 0.2) is 5.15 Å². The number of nitro benzene ring substituents is 1. The predicted molar refractivity (Wildman–Crippen MR) is 75.0 cm³/mol. The third-order valence-electron chi connectivity index (χ3n) is 2.75. The molecule has 0 saturated carbocycles. The van der Waals surface area contributed by atoms with Gasteiger partial charge in [0, 0.05) is 6.20 Å². The van der Waals surface area contributed by atoms with Crippen LogP contribution in [0.4, 0.5) is 15.8 Å². The van der Waals surface area contributed by atoms with Crippen LogP contribution in [0.3, 0.4) is 0 Å². The van der Waals surface area contributed by atoms with Crippen LogP contribution in [0.15, 0.2) is 30.5 Å². The fourth-order valence-electron chi connectivity index (χ4n) is 1.70. The summed E-state index contributed by atoms with van der Waals surface area (Å²) in [4.78, 5) is 26.0. The fourth-order valence-corrected chi connectivity index (χ4v) is 1.96. The summed E-state index contributed by atoms with van der Waals surface area (Å²) in [5, 5.41) is 13.4. The second kappa shape index (κ2) is 5.84. The highest BCUT2D eigenvalue weighted by Gasteiger charge is 2.22. The molecule has 0 radical (unpaired) electrons. The van der Waals surface area contributed by atoms with Crippen molar-refractivity contribution in [3.05, 3.63) is 62.7 Å². The molecule has 0 spiro atoms. The summed E-state index contributed by atoms with van der Waals surface area (Å²) in [6.45, 7) is 1.70. The topological polar surface area (TPSA) is 85.1 Å². The van der Waals surface area contributed by atoms with Crippen LogP contribution < -0.4 is 5.32 Å². The van der Waals surface area contributed by atoms with Gasteiger partial charge in [0.25, 0.3) is 11.6 Å². The van der Waals surface area contributed by atoms with E-state index in [1.54, 1.807) is 13.0 Å². The molecule has 1 amide bonds. The van der Waals surface area contributed by atoms with Crippen molar-refractivity contribution in [1.29, 1.82) is 0 Å². The van der Waals surface area contributed by atoms with Gasteiger partial charge in [-0.3, -0.25) is 14.9 Å². The minimum Gasteiger partial charge on any atom is -0.319 e. The molecular formula is C13H9ClFN3O3. The molecule has 1 N–H and O–H groups in total. The van der Waals surface area contributed by atoms with Gasteiger partial charge in [-0.1, -0.05) is 11.6 Å². The van der Waals surface area contributed by atoms with Crippen molar-refractivity contribution in [2.24, 2.45) is 0 Å². The van der Waals surface area contributed by atoms with Crippen LogP contribution in [0.25, 0.3) is 0 Å². The van der Waals surface area contributed by atoms with Gasteiger partial charge in [0.2, 0.25) is 0 Å². The van der Waals surface area contributed by atoms with Crippen LogP contribution in [0, 0.1) is 22.9 Å². The molecule has 0 aliphatic carbocycles. The van der Waals surface area contributed by atoms with Crippen LogP contribution in [-0.2, 0) is 0 Å². The molecule has 0 bridgehead atoms. The van der Waals surface area contributed by atoms with Gasteiger partial charge < -0.3 is 5.32 Å². The first-order chi connectivity index (χ1) is 9.90. The number of nitrogens with one attached hydrogen (secondary N) is 1. The molecule has 2 aromatic rings. The lowest BCUT2D eigenvalue weighted by molar-refractivity contribution is -0.385. The largest absolute Gasteiger partial charge is 0.319 e. The molecular weight excluding hydrogens is 301 g/mol. The quantitative estimate of drug-likeness (QED) is 0.535. The van der Waals surface area contributed by atoms with Crippen molar-refractivity contribution in [2.75, 3.05) is 5.32 Å². The van der Waals surface area contributed by atoms with E-state index in [1.165, 1.54) is 6.20 Å². The molecule has 8 heteroatoms. The number of nitrogens with zero attached hydrogens (tertiary/aromatic N) is 2. The number of carbonyl (C=O) groups is 1. The van der Waals surface area contributed by atoms with Gasteiger partial charge in [0.05, 0.1) is 16.7 Å². The summed E-state index contributed by atoms with van der Waals surface area (Å²) in [5.41, 5.74) is 0.0155. The lowest BCUT2D eigenvalue weighted by Gasteiger charge is -2.09. The molecule has 1 aromatic carbocycles. The molecule has 21 heavy (non-hydrogen) atoms. The summed E-state index contributed by atoms with van der Waals surface area (Å²) >= 11 is 5.87. The number of hydrogen-bond acceptors (Lipinski definition) is 4. The number of benzene rings is 1. The van der Waals surface area contributed by atoms with E-state index in [4.69, 9.17) is 11.6 Å². The molecule has 1 heterocycles. The smallest absolute Gasteiger partial charge is 0.285 e. The Morgan fingerprint density at radius 1 is 1.43 bits per heavy atom. The number of aromatic nitrogens is 1. The molecule has 0 aliphatic rings. The molecule has 0 unspecified atom stereocenters. The number of anilines is 1. The highest BCUT2D eigenvalue weighted by atomic mass is 35.5. The molecule has 0 saturated heterocycles. The standard InChI is InChI=1S/C13H9ClFN3O3/c1-7-4-5-16-12(14)11(7)17-13(19)9-3-2-8(15)6-10(9)18(20)21/h2-6H,1H3,(H,17,19). The number of nitro groups is 1. The van der Waals surface area contributed by atoms with Gasteiger partial charge in [-0.05, 0) is 30.7 Å². The summed E-state index contributed by atoms with van der Waals surface area (Å²) in [6, 6.07) is 4.33. The zero-order chi connectivity index (χ0) is 15.6. The molecule has 6 nitrogen and oxygen atoms in total. The molecule has 2 rings (SSSR count). The lowest BCUT2D eigenvalue weighted by Crippen LogP contribution is -2.15. The lowest BCUT2D eigenvalue weighted by atomic mass is 10.1. The minimum atomic E-state index is -0.824. The number of hydrogen-bond donors (Lipinski definition) is 1. The Kier molecular flexibility index (Phi) is 4.13. The van der Waals surface area contributed by atoms with Crippen LogP contribution >= 0.6 is 11.6 Å². The Bertz CT molecular complexity index is 716. The summed E-state index contributed by atoms with van der Waals surface area (Å²) in [5.74, 6) is -1.56. The molecule has 1 aromatic heterocycles. The predicted octanol–water partition coefficient (Wildman–Crippen LogP) is 3.34. The Labute approximate surface area is 123 Å². The van der Waals surface area contributed by atoms with Crippen molar-refractivity contribution in [2.45, 2.75) is 6.92 Å². The average Bonchev–Trinajstić information content (AvgIpc) is 2.42. The van der Waals surface area contributed by atoms with Gasteiger partial charge in [-0.15, -0.1) is 0 Å². The highest BCUT2D eigenvalue weighted by molar-refractivity contribution is 6.33. The Morgan fingerprint density at radius 3 is 2.76 bits per heavy atom. The number of amides is 1. The summed E-state index contributed by atoms with van der Waals surface area (Å²) < 4.78 is 13.1. The van der Waals surface area contributed by atoms with Gasteiger partial charge >= 0.3 is 0 Å². The second-order valence-corrected chi connectivity index (χ2v) is 4.52. The normalized spacial score (nSPS) is 10.2. The maximum Gasteiger partial charge on any atom is 0.285 e. The van der Waals surface area contributed by atoms with E-state index in [2.05, 4.69) is 10.3 Å². The Hall–Kier alpha value is -2.54. The third kappa shape index (κ3) is 3.14. The van der Waals surface area contributed by atoms with Crippen LogP contribution in [-0.4, -0.2) is 15.8 Å². The van der Waals surface area contributed by atoms with E-state index in [0.717, 1.165) is 12.1 Å². The SMILES string of the molecule is Cc1ccnc(Cl)c1NC(=O)c1ccc(F)cc1[N+](=O)[O-]. The first-order valence-corrected chi connectivity index (χ1v) is 6.14. The Morgan fingerprint density at radius 2 is 2.14 bits per heavy atom. The van der Waals surface area contributed by atoms with Crippen LogP contribution in [0.1, 0.15) is 15.9 Å². The average molecular weight is 310 g/mol. The monoisotopic (exact) mass is 309 g/mol. The highest BCUT2D eigenvalue weighted by Crippen LogP contribution is 2.26. The number of carbonyl (C=O) groups excluding carboxylic acids is 1. The third-order valence-corrected chi connectivity index (χ3v) is 3.04. The maximum atomic E-state index is 13.1. The molecule has 0 atom stereocenters. The minimum absolute atomic E-state index is 0.0631. The van der Waals surface area contributed by atoms with E-state index < -0.39 is 22.3 Å². The zero-order valence-electron chi connectivity index (χ0n) is 10.8. The van der Waals surface area contributed by atoms with Crippen molar-refractivity contribution in [3.63, 3.8) is 0 Å². The van der Waals surface area contributed by atoms with Gasteiger partial charge in [0.1, 0.15) is 11.4 Å². The van der Waals surface area contributed by atoms with Crippen LogP contribution in [0.5, 0.6) is 0 Å². The second-order valence-electron chi connectivity index (χ2n) is 4.17. The first-order valence-electron chi connectivity index (χ1n) is 5.76. The van der Waals surface area contributed by atoms with Crippen molar-refractivity contribution in [3.8, 4) is 0 Å². The maximum absolute atomic E-state index is 13.1. The van der Waals surface area contributed by atoms with Crippen molar-refractivity contribution < 1.29 is 14.1 Å². The number of aryl methyl sites for hydroxylation is 1. The van der Waals surface area contributed by atoms with E-state index in [-0.39, 0.29) is 16.4 Å². The van der Waals surface area contributed by atoms with Gasteiger partial charge in [-0.2, -0.15) is 0 Å². The number of pyridine rings is 1. The summed E-state index contributed by atoms with van der Waals surface area (Å²) in [7, 11) is 0. The fraction of sp³-hybridized carbons (Fsp3) is 0.0769. The number of rotatable bonds is 3. The van der Waals surface area contributed by atoms with E-state index in [9.17, 15) is 19.3 Å². The number of halogens is 2. The van der Waals surface area contributed by atoms with E-state index in [0.29, 0.717) is 11.6 Å². The van der Waals surface area contributed by atoms with E-state index >= 15 is 0 Å². The summed E-state index contributed by atoms with van der Waals surface area (Å²) in [6.07, 6.45) is 1.47. The van der Waals surface area contributed by atoms with Crippen LogP contribution in [0.2, 0.25) is 5.15 Å². The Balaban J connectivity index is 2.40. The van der Waals surface area contributed by atoms with Gasteiger partial charge in [-0.25, -0.2) is 9.37 Å². The van der Waals surface area contributed by atoms with Crippen molar-refractivity contribution >= 4 is 28.9 Å². The van der Waals surface area contributed by atoms with Crippen molar-refractivity contribution in [1.82, 2.24) is 4.98 Å². The molecule has 0 aliphatic heterocycles. The first kappa shape index (κ1) is 14.9. The molecule has 108 valence electrons. The zero-order valence-corrected chi connectivity index (χ0v) is 11.5. The van der Waals surface area contributed by atoms with E-state index in [1.807, 2.05) is 0 Å². The molecule has 0 fully saturated rings.